The lowest BCUT2D eigenvalue weighted by molar-refractivity contribution is -0.140. The zero-order valence-electron chi connectivity index (χ0n) is 8.34. The molecule has 0 spiro atoms. The molecule has 4 heteroatoms. The Bertz CT molecular complexity index is 240. The van der Waals surface area contributed by atoms with Crippen molar-refractivity contribution in [2.24, 2.45) is 0 Å². The third-order valence-electron chi connectivity index (χ3n) is 1.64. The van der Waals surface area contributed by atoms with Crippen molar-refractivity contribution in [1.29, 1.82) is 0 Å². The number of rotatable bonds is 3. The summed E-state index contributed by atoms with van der Waals surface area (Å²) in [6.07, 6.45) is 0. The molecule has 0 bridgehead atoms. The van der Waals surface area contributed by atoms with Gasteiger partial charge in [-0.3, -0.25) is 0 Å². The highest BCUT2D eigenvalue weighted by atomic mass is 16.5. The molecule has 0 atom stereocenters. The van der Waals surface area contributed by atoms with Gasteiger partial charge in [0, 0.05) is 11.1 Å². The molecule has 13 heavy (non-hydrogen) atoms. The van der Waals surface area contributed by atoms with Crippen molar-refractivity contribution in [2.45, 2.75) is 20.8 Å². The van der Waals surface area contributed by atoms with Gasteiger partial charge in [-0.2, -0.15) is 0 Å². The number of hydrogen-bond donors (Lipinski definition) is 0. The maximum absolute atomic E-state index is 11.1. The van der Waals surface area contributed by atoms with Crippen molar-refractivity contribution in [3.05, 3.63) is 11.1 Å². The quantitative estimate of drug-likeness (QED) is 0.488. The van der Waals surface area contributed by atoms with Gasteiger partial charge in [0.15, 0.2) is 0 Å². The van der Waals surface area contributed by atoms with E-state index in [4.69, 9.17) is 4.74 Å². The van der Waals surface area contributed by atoms with E-state index < -0.39 is 11.9 Å². The van der Waals surface area contributed by atoms with Gasteiger partial charge in [-0.25, -0.2) is 9.59 Å². The van der Waals surface area contributed by atoms with E-state index in [1.165, 1.54) is 21.0 Å². The standard InChI is InChI=1S/C9H14O4/c1-5-13-9(11)7(3)6(2)8(10)12-4/h5H2,1-4H3/b7-6+. The summed E-state index contributed by atoms with van der Waals surface area (Å²) >= 11 is 0. The molecule has 0 aromatic heterocycles. The highest BCUT2D eigenvalue weighted by Crippen LogP contribution is 2.06. The van der Waals surface area contributed by atoms with E-state index >= 15 is 0 Å². The lowest BCUT2D eigenvalue weighted by atomic mass is 10.1. The molecule has 0 unspecified atom stereocenters. The number of esters is 2. The Morgan fingerprint density at radius 1 is 1.08 bits per heavy atom. The Hall–Kier alpha value is -1.32. The average molecular weight is 186 g/mol. The lowest BCUT2D eigenvalue weighted by Crippen LogP contribution is -2.12. The summed E-state index contributed by atoms with van der Waals surface area (Å²) in [5, 5.41) is 0. The van der Waals surface area contributed by atoms with Crippen LogP contribution in [-0.4, -0.2) is 25.7 Å². The molecule has 4 nitrogen and oxygen atoms in total. The monoisotopic (exact) mass is 186 g/mol. The van der Waals surface area contributed by atoms with Crippen molar-refractivity contribution in [1.82, 2.24) is 0 Å². The molecule has 0 amide bonds. The van der Waals surface area contributed by atoms with Gasteiger partial charge >= 0.3 is 11.9 Å². The van der Waals surface area contributed by atoms with E-state index in [2.05, 4.69) is 4.74 Å². The lowest BCUT2D eigenvalue weighted by Gasteiger charge is -2.04. The molecule has 0 saturated carbocycles. The molecule has 0 radical (unpaired) electrons. The molecule has 0 aliphatic heterocycles. The zero-order valence-corrected chi connectivity index (χ0v) is 8.34. The number of ether oxygens (including phenoxy) is 2. The fourth-order valence-corrected chi connectivity index (χ4v) is 0.699. The third-order valence-corrected chi connectivity index (χ3v) is 1.64. The average Bonchev–Trinajstić information content (AvgIpc) is 2.14. The number of hydrogen-bond acceptors (Lipinski definition) is 4. The maximum Gasteiger partial charge on any atom is 0.334 e. The van der Waals surface area contributed by atoms with Crippen LogP contribution < -0.4 is 0 Å². The van der Waals surface area contributed by atoms with Gasteiger partial charge in [0.25, 0.3) is 0 Å². The Morgan fingerprint density at radius 2 is 1.54 bits per heavy atom. The van der Waals surface area contributed by atoms with Crippen LogP contribution in [0.2, 0.25) is 0 Å². The molecule has 0 rings (SSSR count). The van der Waals surface area contributed by atoms with Crippen LogP contribution in [-0.2, 0) is 19.1 Å². The first-order valence-electron chi connectivity index (χ1n) is 3.97. The minimum Gasteiger partial charge on any atom is -0.466 e. The first-order valence-corrected chi connectivity index (χ1v) is 3.97. The SMILES string of the molecule is CCOC(=O)/C(C)=C(\C)C(=O)OC. The minimum absolute atomic E-state index is 0.279. The van der Waals surface area contributed by atoms with Gasteiger partial charge in [0.2, 0.25) is 0 Å². The number of methoxy groups -OCH3 is 1. The van der Waals surface area contributed by atoms with Gasteiger partial charge in [-0.1, -0.05) is 0 Å². The second-order valence-electron chi connectivity index (χ2n) is 2.46. The van der Waals surface area contributed by atoms with Crippen LogP contribution in [0.5, 0.6) is 0 Å². The van der Waals surface area contributed by atoms with Gasteiger partial charge in [-0.05, 0) is 20.8 Å². The molecule has 74 valence electrons. The Labute approximate surface area is 77.5 Å². The molecular weight excluding hydrogens is 172 g/mol. The number of carbonyl (C=O) groups excluding carboxylic acids is 2. The largest absolute Gasteiger partial charge is 0.466 e. The van der Waals surface area contributed by atoms with Crippen molar-refractivity contribution < 1.29 is 19.1 Å². The van der Waals surface area contributed by atoms with Crippen LogP contribution in [0.4, 0.5) is 0 Å². The first-order chi connectivity index (χ1) is 6.04. The van der Waals surface area contributed by atoms with E-state index in [0.717, 1.165) is 0 Å². The Balaban J connectivity index is 4.60. The maximum atomic E-state index is 11.1. The van der Waals surface area contributed by atoms with E-state index in [1.807, 2.05) is 0 Å². The smallest absolute Gasteiger partial charge is 0.334 e. The fraction of sp³-hybridized carbons (Fsp3) is 0.556. The van der Waals surface area contributed by atoms with Gasteiger partial charge in [0.05, 0.1) is 13.7 Å². The summed E-state index contributed by atoms with van der Waals surface area (Å²) in [5.74, 6) is -0.990. The minimum atomic E-state index is -0.509. The van der Waals surface area contributed by atoms with Crippen molar-refractivity contribution >= 4 is 11.9 Å². The Kier molecular flexibility index (Phi) is 4.80. The van der Waals surface area contributed by atoms with Crippen LogP contribution in [0, 0.1) is 0 Å². The van der Waals surface area contributed by atoms with Crippen LogP contribution in [0.3, 0.4) is 0 Å². The van der Waals surface area contributed by atoms with Crippen LogP contribution in [0.25, 0.3) is 0 Å². The summed E-state index contributed by atoms with van der Waals surface area (Å²) in [6.45, 7) is 5.06. The second kappa shape index (κ2) is 5.35. The summed E-state index contributed by atoms with van der Waals surface area (Å²) in [6, 6.07) is 0. The third kappa shape index (κ3) is 3.27. The fourth-order valence-electron chi connectivity index (χ4n) is 0.699. The van der Waals surface area contributed by atoms with Crippen LogP contribution in [0.1, 0.15) is 20.8 Å². The summed E-state index contributed by atoms with van der Waals surface area (Å²) in [4.78, 5) is 22.1. The van der Waals surface area contributed by atoms with Gasteiger partial charge in [-0.15, -0.1) is 0 Å². The first kappa shape index (κ1) is 11.7. The number of carbonyl (C=O) groups is 2. The molecule has 0 aliphatic carbocycles. The molecule has 0 fully saturated rings. The second-order valence-corrected chi connectivity index (χ2v) is 2.46. The predicted molar refractivity (Wildman–Crippen MR) is 47.0 cm³/mol. The molecule has 0 heterocycles. The molecule has 0 aromatic rings. The van der Waals surface area contributed by atoms with Gasteiger partial charge in [0.1, 0.15) is 0 Å². The topological polar surface area (TPSA) is 52.6 Å². The summed E-state index contributed by atoms with van der Waals surface area (Å²) in [7, 11) is 1.27. The molecule has 0 N–H and O–H groups in total. The predicted octanol–water partition coefficient (Wildman–Crippen LogP) is 1.06. The molecule has 0 aromatic carbocycles. The summed E-state index contributed by atoms with van der Waals surface area (Å²) in [5.41, 5.74) is 0.564. The van der Waals surface area contributed by atoms with E-state index in [9.17, 15) is 9.59 Å². The molecule has 0 aliphatic rings. The molecular formula is C9H14O4. The normalized spacial score (nSPS) is 11.7. The highest BCUT2D eigenvalue weighted by molar-refractivity contribution is 5.99. The van der Waals surface area contributed by atoms with Crippen LogP contribution in [0.15, 0.2) is 11.1 Å². The zero-order chi connectivity index (χ0) is 10.4. The molecule has 0 saturated heterocycles. The van der Waals surface area contributed by atoms with Crippen molar-refractivity contribution in [2.75, 3.05) is 13.7 Å². The van der Waals surface area contributed by atoms with E-state index in [1.54, 1.807) is 6.92 Å². The van der Waals surface area contributed by atoms with E-state index in [-0.39, 0.29) is 11.1 Å². The highest BCUT2D eigenvalue weighted by Gasteiger charge is 2.14. The summed E-state index contributed by atoms with van der Waals surface area (Å²) < 4.78 is 9.17. The Morgan fingerprint density at radius 3 is 1.92 bits per heavy atom. The van der Waals surface area contributed by atoms with Gasteiger partial charge < -0.3 is 9.47 Å². The van der Waals surface area contributed by atoms with E-state index in [0.29, 0.717) is 6.61 Å². The van der Waals surface area contributed by atoms with Crippen molar-refractivity contribution in [3.8, 4) is 0 Å². The van der Waals surface area contributed by atoms with Crippen molar-refractivity contribution in [3.63, 3.8) is 0 Å². The van der Waals surface area contributed by atoms with Crippen LogP contribution >= 0.6 is 0 Å².